The van der Waals surface area contributed by atoms with Gasteiger partial charge in [-0.2, -0.15) is 0 Å². The third-order valence-corrected chi connectivity index (χ3v) is 8.62. The summed E-state index contributed by atoms with van der Waals surface area (Å²) < 4.78 is 32.6. The number of nitrogens with zero attached hydrogens (tertiary/aromatic N) is 6. The molecule has 2 aromatic heterocycles. The van der Waals surface area contributed by atoms with E-state index in [0.29, 0.717) is 67.4 Å². The molecule has 0 spiro atoms. The molecule has 222 valence electrons. The maximum Gasteiger partial charge on any atom is 0.196 e. The lowest BCUT2D eigenvalue weighted by atomic mass is 9.96. The Kier molecular flexibility index (Phi) is 7.71. The highest BCUT2D eigenvalue weighted by Gasteiger charge is 2.31. The molecule has 11 heteroatoms. The Bertz CT molecular complexity index is 1620. The fourth-order valence-corrected chi connectivity index (χ4v) is 6.14. The lowest BCUT2D eigenvalue weighted by Gasteiger charge is -2.34. The summed E-state index contributed by atoms with van der Waals surface area (Å²) in [5.74, 6) is -0.609. The highest BCUT2D eigenvalue weighted by atomic mass is 19.1. The number of rotatable bonds is 5. The Hall–Kier alpha value is -3.83. The Morgan fingerprint density at radius 2 is 1.64 bits per heavy atom. The van der Waals surface area contributed by atoms with Gasteiger partial charge < -0.3 is 29.5 Å². The molecule has 3 aliphatic heterocycles. The number of piperazine rings is 2. The lowest BCUT2D eigenvalue weighted by Crippen LogP contribution is -2.44. The van der Waals surface area contributed by atoms with Crippen molar-refractivity contribution in [3.63, 3.8) is 0 Å². The van der Waals surface area contributed by atoms with Crippen LogP contribution in [0.5, 0.6) is 0 Å². The van der Waals surface area contributed by atoms with E-state index in [4.69, 9.17) is 0 Å². The van der Waals surface area contributed by atoms with Crippen molar-refractivity contribution in [3.05, 3.63) is 63.0 Å². The highest BCUT2D eigenvalue weighted by molar-refractivity contribution is 6.16. The molecule has 2 fully saturated rings. The monoisotopic (exact) mass is 577 g/mol. The van der Waals surface area contributed by atoms with Crippen molar-refractivity contribution in [2.45, 2.75) is 20.4 Å². The second-order valence-corrected chi connectivity index (χ2v) is 11.2. The molecule has 9 nitrogen and oxygen atoms in total. The summed E-state index contributed by atoms with van der Waals surface area (Å²) in [4.78, 5) is 40.0. The van der Waals surface area contributed by atoms with Crippen LogP contribution >= 0.6 is 0 Å². The fraction of sp³-hybridized carbons (Fsp3) is 0.452. The normalized spacial score (nSPS) is 19.2. The predicted octanol–water partition coefficient (Wildman–Crippen LogP) is 2.96. The number of pyridine rings is 2. The van der Waals surface area contributed by atoms with E-state index >= 15 is 8.78 Å². The van der Waals surface area contributed by atoms with Gasteiger partial charge in [-0.1, -0.05) is 0 Å². The predicted molar refractivity (Wildman–Crippen MR) is 163 cm³/mol. The molecule has 2 saturated heterocycles. The van der Waals surface area contributed by atoms with Crippen molar-refractivity contribution in [1.82, 2.24) is 19.8 Å². The van der Waals surface area contributed by atoms with Crippen molar-refractivity contribution >= 4 is 40.1 Å². The van der Waals surface area contributed by atoms with Gasteiger partial charge >= 0.3 is 0 Å². The van der Waals surface area contributed by atoms with E-state index in [9.17, 15) is 9.59 Å². The number of likely N-dealkylation sites (N-methyl/N-ethyl adjacent to an activating group) is 2. The third kappa shape index (κ3) is 5.05. The van der Waals surface area contributed by atoms with E-state index in [1.807, 2.05) is 40.2 Å². The van der Waals surface area contributed by atoms with Crippen LogP contribution in [0.15, 0.2) is 34.8 Å². The van der Waals surface area contributed by atoms with Crippen LogP contribution in [0.25, 0.3) is 17.0 Å². The summed E-state index contributed by atoms with van der Waals surface area (Å²) in [5.41, 5.74) is 1.66. The maximum atomic E-state index is 15.4. The van der Waals surface area contributed by atoms with E-state index in [1.165, 1.54) is 12.1 Å². The summed E-state index contributed by atoms with van der Waals surface area (Å²) in [6, 6.07) is 4.37. The Morgan fingerprint density at radius 3 is 2.33 bits per heavy atom. The Morgan fingerprint density at radius 1 is 0.905 bits per heavy atom. The quantitative estimate of drug-likeness (QED) is 0.464. The average Bonchev–Trinajstić information content (AvgIpc) is 3.00. The summed E-state index contributed by atoms with van der Waals surface area (Å²) in [5, 5.41) is 3.52. The van der Waals surface area contributed by atoms with Crippen molar-refractivity contribution in [2.75, 3.05) is 87.2 Å². The van der Waals surface area contributed by atoms with Crippen molar-refractivity contribution in [3.8, 4) is 0 Å². The van der Waals surface area contributed by atoms with Gasteiger partial charge in [0.1, 0.15) is 11.6 Å². The highest BCUT2D eigenvalue weighted by Crippen LogP contribution is 2.33. The first-order valence-electron chi connectivity index (χ1n) is 14.8. The minimum absolute atomic E-state index is 0.185. The molecule has 1 N–H and O–H groups in total. The number of carbonyl (C=O) groups is 1. The minimum atomic E-state index is -0.535. The fourth-order valence-electron chi connectivity index (χ4n) is 6.14. The van der Waals surface area contributed by atoms with Crippen LogP contribution in [0.1, 0.15) is 29.8 Å². The summed E-state index contributed by atoms with van der Waals surface area (Å²) in [6.07, 6.45) is 3.31. The first-order chi connectivity index (χ1) is 20.3. The van der Waals surface area contributed by atoms with Crippen molar-refractivity contribution < 1.29 is 13.6 Å². The zero-order chi connectivity index (χ0) is 29.5. The van der Waals surface area contributed by atoms with Gasteiger partial charge in [-0.15, -0.1) is 0 Å². The number of ketones is 1. The third-order valence-electron chi connectivity index (χ3n) is 8.62. The smallest absolute Gasteiger partial charge is 0.196 e. The lowest BCUT2D eigenvalue weighted by molar-refractivity contribution is 0.103. The van der Waals surface area contributed by atoms with Crippen molar-refractivity contribution in [1.29, 1.82) is 0 Å². The van der Waals surface area contributed by atoms with E-state index in [0.717, 1.165) is 26.2 Å². The second-order valence-electron chi connectivity index (χ2n) is 11.2. The van der Waals surface area contributed by atoms with Crippen LogP contribution in [0.3, 0.4) is 0 Å². The van der Waals surface area contributed by atoms with Gasteiger partial charge in [-0.3, -0.25) is 9.59 Å². The molecule has 3 aliphatic rings. The van der Waals surface area contributed by atoms with Crippen molar-refractivity contribution in [2.24, 2.45) is 0 Å². The molecule has 0 aliphatic carbocycles. The molecule has 0 atom stereocenters. The first-order valence-corrected chi connectivity index (χ1v) is 14.8. The molecule has 0 bridgehead atoms. The molecule has 0 radical (unpaired) electrons. The van der Waals surface area contributed by atoms with Gasteiger partial charge in [-0.25, -0.2) is 13.8 Å². The van der Waals surface area contributed by atoms with Crippen LogP contribution in [0.4, 0.5) is 26.1 Å². The molecule has 0 unspecified atom stereocenters. The van der Waals surface area contributed by atoms with Gasteiger partial charge in [0.25, 0.3) is 0 Å². The number of carbonyl (C=O) groups excluding carboxylic acids is 1. The Labute approximate surface area is 244 Å². The van der Waals surface area contributed by atoms with E-state index in [1.54, 1.807) is 18.3 Å². The number of aryl methyl sites for hydroxylation is 1. The van der Waals surface area contributed by atoms with Gasteiger partial charge in [-0.05, 0) is 45.2 Å². The number of hydrogen-bond donors (Lipinski definition) is 1. The van der Waals surface area contributed by atoms with Crippen LogP contribution in [-0.4, -0.2) is 92.7 Å². The molecule has 0 saturated carbocycles. The van der Waals surface area contributed by atoms with E-state index in [-0.39, 0.29) is 34.5 Å². The van der Waals surface area contributed by atoms with Gasteiger partial charge in [0.2, 0.25) is 0 Å². The number of benzene rings is 1. The largest absolute Gasteiger partial charge is 0.367 e. The van der Waals surface area contributed by atoms with Crippen LogP contribution in [0, 0.1) is 11.6 Å². The topological polar surface area (TPSA) is 77.0 Å². The summed E-state index contributed by atoms with van der Waals surface area (Å²) in [6.45, 7) is 11.1. The zero-order valence-electron chi connectivity index (χ0n) is 24.4. The molecular formula is C31H37F2N7O2. The van der Waals surface area contributed by atoms with Gasteiger partial charge in [0.05, 0.1) is 16.8 Å². The standard InChI is InChI=1S/C31H37F2N7O2/c1-4-37-18-20(28(41)22-15-24(32)27(17-26(22)37)39-12-10-36(3)11-13-39)14-21-19-38(5-2)30-23(29(21)42)16-25(33)31(35-30)40-8-6-34-7-9-40/h14-18,34H,4-13,19H2,1-3H3/b21-14+. The molecule has 1 aromatic carbocycles. The molecule has 3 aromatic rings. The first kappa shape index (κ1) is 28.3. The van der Waals surface area contributed by atoms with Gasteiger partial charge in [0, 0.05) is 94.7 Å². The molecular weight excluding hydrogens is 540 g/mol. The number of fused-ring (bicyclic) bond motifs is 2. The molecule has 5 heterocycles. The number of aromatic nitrogens is 2. The number of halogens is 2. The number of nitrogens with one attached hydrogen (secondary N) is 1. The van der Waals surface area contributed by atoms with E-state index < -0.39 is 11.6 Å². The van der Waals surface area contributed by atoms with Crippen LogP contribution in [-0.2, 0) is 6.54 Å². The number of hydrogen-bond acceptors (Lipinski definition) is 8. The van der Waals surface area contributed by atoms with Gasteiger partial charge in [0.15, 0.2) is 22.8 Å². The van der Waals surface area contributed by atoms with E-state index in [2.05, 4.69) is 15.2 Å². The number of Topliss-reactive ketones (excluding diaryl/α,β-unsaturated/α-hetero) is 1. The second kappa shape index (κ2) is 11.4. The maximum absolute atomic E-state index is 15.4. The summed E-state index contributed by atoms with van der Waals surface area (Å²) in [7, 11) is 2.05. The summed E-state index contributed by atoms with van der Waals surface area (Å²) >= 11 is 0. The van der Waals surface area contributed by atoms with Crippen LogP contribution in [0.2, 0.25) is 0 Å². The minimum Gasteiger partial charge on any atom is -0.367 e. The molecule has 0 amide bonds. The molecule has 6 rings (SSSR count). The SMILES string of the molecule is CCN1C/C(=C\c2cn(CC)c3cc(N4CCN(C)CC4)c(F)cc3c2=O)C(=O)c2cc(F)c(N3CCNCC3)nc21. The number of anilines is 3. The molecule has 42 heavy (non-hydrogen) atoms. The van der Waals surface area contributed by atoms with Crippen LogP contribution < -0.4 is 25.4 Å². The average molecular weight is 578 g/mol. The Balaban J connectivity index is 1.39. The zero-order valence-corrected chi connectivity index (χ0v) is 24.4.